The highest BCUT2D eigenvalue weighted by molar-refractivity contribution is 7.98. The van der Waals surface area contributed by atoms with Crippen LogP contribution in [0.15, 0.2) is 23.1 Å². The number of ether oxygens (including phenoxy) is 5. The maximum Gasteiger partial charge on any atom is 0.490 e. The number of fused-ring (bicyclic) bond motifs is 1. The molecular weight excluding hydrogens is 763 g/mol. The van der Waals surface area contributed by atoms with Gasteiger partial charge in [0.05, 0.1) is 70.1 Å². The van der Waals surface area contributed by atoms with Crippen LogP contribution in [0.25, 0.3) is 11.0 Å². The predicted molar refractivity (Wildman–Crippen MR) is 181 cm³/mol. The third-order valence-electron chi connectivity index (χ3n) is 7.09. The average Bonchev–Trinajstić information content (AvgIpc) is 3.41. The lowest BCUT2D eigenvalue weighted by Crippen LogP contribution is -2.43. The number of nitrogen functional groups attached to an aromatic ring is 1. The van der Waals surface area contributed by atoms with Gasteiger partial charge in [0.25, 0.3) is 5.56 Å². The van der Waals surface area contributed by atoms with Gasteiger partial charge in [-0.1, -0.05) is 11.8 Å². The first-order valence-electron chi connectivity index (χ1n) is 14.5. The lowest BCUT2D eigenvalue weighted by Gasteiger charge is -2.36. The fourth-order valence-corrected chi connectivity index (χ4v) is 8.89. The number of phosphoric ester groups is 1. The predicted octanol–water partition coefficient (Wildman–Crippen LogP) is 1.59. The van der Waals surface area contributed by atoms with E-state index in [0.717, 1.165) is 0 Å². The van der Waals surface area contributed by atoms with Crippen molar-refractivity contribution < 1.29 is 70.1 Å². The minimum atomic E-state index is -5.75. The van der Waals surface area contributed by atoms with Gasteiger partial charge in [0.2, 0.25) is 5.95 Å². The van der Waals surface area contributed by atoms with Gasteiger partial charge in [-0.2, -0.15) is 13.6 Å². The van der Waals surface area contributed by atoms with Gasteiger partial charge in [0.15, 0.2) is 5.65 Å². The van der Waals surface area contributed by atoms with E-state index in [9.17, 15) is 28.3 Å². The van der Waals surface area contributed by atoms with Gasteiger partial charge in [0, 0.05) is 29.6 Å². The second kappa shape index (κ2) is 17.2. The van der Waals surface area contributed by atoms with E-state index in [0.29, 0.717) is 34.1 Å². The summed E-state index contributed by atoms with van der Waals surface area (Å²) < 4.78 is 77.8. The zero-order valence-corrected chi connectivity index (χ0v) is 30.7. The second-order valence-electron chi connectivity index (χ2n) is 10.4. The number of thioether (sulfide) groups is 1. The van der Waals surface area contributed by atoms with Crippen molar-refractivity contribution in [1.82, 2.24) is 14.5 Å². The van der Waals surface area contributed by atoms with Crippen LogP contribution in [0.1, 0.15) is 23.6 Å². The van der Waals surface area contributed by atoms with Crippen molar-refractivity contribution in [3.05, 3.63) is 39.8 Å². The summed E-state index contributed by atoms with van der Waals surface area (Å²) >= 11 is 1.31. The molecular formula is C26H36N5O16P3S. The first-order chi connectivity index (χ1) is 24.0. The maximum absolute atomic E-state index is 12.8. The summed E-state index contributed by atoms with van der Waals surface area (Å²) in [5.74, 6) is 7.29. The van der Waals surface area contributed by atoms with Crippen LogP contribution in [0, 0.1) is 11.8 Å². The van der Waals surface area contributed by atoms with Crippen molar-refractivity contribution in [2.24, 2.45) is 5.73 Å². The number of nitrogens with two attached hydrogens (primary N) is 2. The number of H-pyrrole nitrogens is 1. The van der Waals surface area contributed by atoms with E-state index < -0.39 is 53.9 Å². The molecule has 51 heavy (non-hydrogen) atoms. The second-order valence-corrected chi connectivity index (χ2v) is 15.8. The molecule has 0 amide bonds. The van der Waals surface area contributed by atoms with Crippen LogP contribution in [0.3, 0.4) is 0 Å². The number of nitrogens with one attached hydrogen (secondary N) is 1. The Hall–Kier alpha value is -2.96. The lowest BCUT2D eigenvalue weighted by molar-refractivity contribution is -0.126. The molecule has 2 aromatic heterocycles. The Morgan fingerprint density at radius 3 is 2.37 bits per heavy atom. The van der Waals surface area contributed by atoms with Crippen molar-refractivity contribution in [3.8, 4) is 29.1 Å². The fourth-order valence-electron chi connectivity index (χ4n) is 5.02. The number of aromatic nitrogens is 3. The molecule has 1 aliphatic rings. The Labute approximate surface area is 294 Å². The summed E-state index contributed by atoms with van der Waals surface area (Å²) in [7, 11) is -12.3. The Balaban J connectivity index is 1.57. The molecule has 3 aromatic rings. The number of rotatable bonds is 16. The molecule has 3 unspecified atom stereocenters. The number of aromatic amines is 1. The van der Waals surface area contributed by atoms with E-state index in [2.05, 4.69) is 30.4 Å². The molecule has 25 heteroatoms. The smallest absolute Gasteiger partial charge is 0.490 e. The number of nitrogens with zero attached hydrogens (tertiary/aromatic N) is 2. The zero-order valence-electron chi connectivity index (χ0n) is 27.2. The Bertz CT molecular complexity index is 1950. The number of hydrogen-bond donors (Lipinski definition) is 7. The number of methoxy groups -OCH3 is 3. The molecule has 9 N–H and O–H groups in total. The molecule has 4 rings (SSSR count). The lowest BCUT2D eigenvalue weighted by atomic mass is 10.0. The van der Waals surface area contributed by atoms with Crippen LogP contribution in [0.2, 0.25) is 0 Å². The summed E-state index contributed by atoms with van der Waals surface area (Å²) in [5, 5.41) is 0.162. The van der Waals surface area contributed by atoms with E-state index in [-0.39, 0.29) is 42.5 Å². The first-order valence-corrected chi connectivity index (χ1v) is 20.1. The van der Waals surface area contributed by atoms with Crippen molar-refractivity contribution in [1.29, 1.82) is 0 Å². The standard InChI is InChI=1S/C26H36N5O16P3S/c1-40-17-8-19(41-2)18(20(9-17)42-3)13-51-14-44-21-7-16(31-10-15(5-4-6-27)23-24(31)29-26(28)30-25(23)32)11-43-22(21)12-45-49(36,37)47-50(38,39)46-48(33,34)35/h8-10,16,21-22H,6-7,11-14,27H2,1-3H3,(H,36,37)(H,38,39)(H2,33,34,35)(H3,28,29,30,32)/t16?,21-,22+/m0/s1. The minimum absolute atomic E-state index is 0.0232. The zero-order chi connectivity index (χ0) is 37.6. The molecule has 0 spiro atoms. The van der Waals surface area contributed by atoms with Crippen LogP contribution in [-0.4, -0.2) is 93.3 Å². The summed E-state index contributed by atoms with van der Waals surface area (Å²) in [5.41, 5.74) is 12.1. The van der Waals surface area contributed by atoms with E-state index in [1.54, 1.807) is 22.9 Å². The number of benzene rings is 1. The first kappa shape index (κ1) is 40.8. The van der Waals surface area contributed by atoms with Gasteiger partial charge in [-0.3, -0.25) is 14.3 Å². The Morgan fingerprint density at radius 2 is 1.76 bits per heavy atom. The van der Waals surface area contributed by atoms with Crippen LogP contribution >= 0.6 is 35.2 Å². The maximum atomic E-state index is 12.8. The van der Waals surface area contributed by atoms with Gasteiger partial charge < -0.3 is 59.3 Å². The average molecular weight is 800 g/mol. The van der Waals surface area contributed by atoms with E-state index >= 15 is 0 Å². The van der Waals surface area contributed by atoms with E-state index in [1.807, 2.05) is 0 Å². The van der Waals surface area contributed by atoms with E-state index in [1.165, 1.54) is 33.1 Å². The summed E-state index contributed by atoms with van der Waals surface area (Å²) in [6, 6.07) is 2.82. The molecule has 0 saturated carbocycles. The Morgan fingerprint density at radius 1 is 1.08 bits per heavy atom. The third-order valence-corrected chi connectivity index (χ3v) is 11.7. The van der Waals surface area contributed by atoms with Crippen molar-refractivity contribution in [2.45, 2.75) is 30.4 Å². The van der Waals surface area contributed by atoms with Crippen molar-refractivity contribution in [2.75, 3.05) is 52.8 Å². The quantitative estimate of drug-likeness (QED) is 0.0468. The topological polar surface area (TPSA) is 309 Å². The molecule has 282 valence electrons. The third kappa shape index (κ3) is 11.0. The minimum Gasteiger partial charge on any atom is -0.496 e. The Kier molecular flexibility index (Phi) is 13.8. The van der Waals surface area contributed by atoms with Gasteiger partial charge in [-0.25, -0.2) is 13.7 Å². The highest BCUT2D eigenvalue weighted by atomic mass is 32.2. The molecule has 0 aliphatic carbocycles. The van der Waals surface area contributed by atoms with Gasteiger partial charge in [0.1, 0.15) is 23.4 Å². The molecule has 0 bridgehead atoms. The van der Waals surface area contributed by atoms with Crippen molar-refractivity contribution in [3.63, 3.8) is 0 Å². The van der Waals surface area contributed by atoms with E-state index in [4.69, 9.17) is 49.5 Å². The monoisotopic (exact) mass is 799 g/mol. The van der Waals surface area contributed by atoms with Gasteiger partial charge in [-0.15, -0.1) is 11.8 Å². The highest BCUT2D eigenvalue weighted by Gasteiger charge is 2.42. The SMILES string of the molecule is COc1cc(OC)c(CSCO[C@H]2CC(n3cc(C#CCN)c4c(=O)[nH]c(N)nc43)CO[C@@H]2COP(=O)(O)OP(=O)(O)OP(=O)(O)O)c(OC)c1. The normalized spacial score (nSPS) is 20.2. The largest absolute Gasteiger partial charge is 0.496 e. The number of hydrogen-bond acceptors (Lipinski definition) is 16. The summed E-state index contributed by atoms with van der Waals surface area (Å²) in [6.45, 7) is -0.811. The highest BCUT2D eigenvalue weighted by Crippen LogP contribution is 2.66. The summed E-state index contributed by atoms with van der Waals surface area (Å²) in [6.07, 6.45) is -0.277. The van der Waals surface area contributed by atoms with Crippen molar-refractivity contribution >= 4 is 52.2 Å². The van der Waals surface area contributed by atoms with Crippen LogP contribution < -0.4 is 31.2 Å². The number of anilines is 1. The molecule has 1 aromatic carbocycles. The fraction of sp³-hybridized carbons (Fsp3) is 0.462. The van der Waals surface area contributed by atoms with Gasteiger partial charge in [-0.05, 0) is 6.42 Å². The summed E-state index contributed by atoms with van der Waals surface area (Å²) in [4.78, 5) is 56.7. The molecule has 1 aliphatic heterocycles. The molecule has 3 heterocycles. The molecule has 0 radical (unpaired) electrons. The van der Waals surface area contributed by atoms with Crippen LogP contribution in [0.4, 0.5) is 5.95 Å². The van der Waals surface area contributed by atoms with Crippen LogP contribution in [-0.2, 0) is 42.1 Å². The number of phosphoric acid groups is 3. The van der Waals surface area contributed by atoms with Gasteiger partial charge >= 0.3 is 23.5 Å². The molecule has 1 saturated heterocycles. The van der Waals surface area contributed by atoms with Crippen LogP contribution in [0.5, 0.6) is 17.2 Å². The molecule has 21 nitrogen and oxygen atoms in total. The molecule has 1 fully saturated rings. The molecule has 5 atom stereocenters.